The van der Waals surface area contributed by atoms with Crippen LogP contribution in [-0.2, 0) is 0 Å². The summed E-state index contributed by atoms with van der Waals surface area (Å²) in [4.78, 5) is 11.8. The lowest BCUT2D eigenvalue weighted by Gasteiger charge is -2.14. The Morgan fingerprint density at radius 2 is 2.18 bits per heavy atom. The molecule has 0 spiro atoms. The molecule has 1 fully saturated rings. The van der Waals surface area contributed by atoms with Crippen molar-refractivity contribution in [2.45, 2.75) is 19.3 Å². The Hall–Kier alpha value is -1.63. The Labute approximate surface area is 99.4 Å². The van der Waals surface area contributed by atoms with Crippen LogP contribution in [0.3, 0.4) is 0 Å². The summed E-state index contributed by atoms with van der Waals surface area (Å²) in [5.41, 5.74) is 5.72. The third kappa shape index (κ3) is 2.94. The van der Waals surface area contributed by atoms with Gasteiger partial charge in [-0.25, -0.2) is 0 Å². The molecule has 94 valence electrons. The Morgan fingerprint density at radius 3 is 2.76 bits per heavy atom. The van der Waals surface area contributed by atoms with E-state index >= 15 is 0 Å². The van der Waals surface area contributed by atoms with E-state index in [0.29, 0.717) is 5.95 Å². The van der Waals surface area contributed by atoms with Crippen LogP contribution >= 0.6 is 0 Å². The standard InChI is InChI=1S/C10H17N5O2/c1-17-9-14-7(11)13-8(15-9)12-6-10(2-3-10)4-5-16/h16H,2-6H2,1H3,(H3,11,12,13,14,15). The highest BCUT2D eigenvalue weighted by molar-refractivity contribution is 5.33. The molecule has 1 heterocycles. The van der Waals surface area contributed by atoms with E-state index in [0.717, 1.165) is 25.8 Å². The first-order chi connectivity index (χ1) is 8.17. The van der Waals surface area contributed by atoms with Crippen LogP contribution in [0.25, 0.3) is 0 Å². The second-order valence-corrected chi connectivity index (χ2v) is 4.33. The summed E-state index contributed by atoms with van der Waals surface area (Å²) in [6, 6.07) is 0.201. The average Bonchev–Trinajstić information content (AvgIpc) is 3.07. The van der Waals surface area contributed by atoms with Crippen molar-refractivity contribution in [2.24, 2.45) is 5.41 Å². The monoisotopic (exact) mass is 239 g/mol. The first-order valence-corrected chi connectivity index (χ1v) is 5.58. The van der Waals surface area contributed by atoms with Gasteiger partial charge in [0, 0.05) is 13.2 Å². The van der Waals surface area contributed by atoms with E-state index < -0.39 is 0 Å². The fourth-order valence-electron chi connectivity index (χ4n) is 1.74. The van der Waals surface area contributed by atoms with Crippen molar-refractivity contribution < 1.29 is 9.84 Å². The lowest BCUT2D eigenvalue weighted by molar-refractivity contribution is 0.253. The third-order valence-corrected chi connectivity index (χ3v) is 3.04. The van der Waals surface area contributed by atoms with Gasteiger partial charge < -0.3 is 20.9 Å². The van der Waals surface area contributed by atoms with Crippen LogP contribution in [0.15, 0.2) is 0 Å². The number of nitrogens with two attached hydrogens (primary N) is 1. The number of anilines is 2. The molecule has 0 atom stereocenters. The van der Waals surface area contributed by atoms with Crippen LogP contribution in [-0.4, -0.2) is 40.3 Å². The maximum atomic E-state index is 8.96. The zero-order valence-electron chi connectivity index (χ0n) is 9.81. The Bertz CT molecular complexity index is 394. The van der Waals surface area contributed by atoms with Gasteiger partial charge in [-0.15, -0.1) is 0 Å². The minimum atomic E-state index is 0.131. The molecule has 0 unspecified atom stereocenters. The van der Waals surface area contributed by atoms with Crippen LogP contribution in [0.5, 0.6) is 6.01 Å². The molecule has 7 nitrogen and oxygen atoms in total. The molecule has 2 rings (SSSR count). The molecular formula is C10H17N5O2. The highest BCUT2D eigenvalue weighted by atomic mass is 16.5. The number of nitrogens with zero attached hydrogens (tertiary/aromatic N) is 3. The number of aliphatic hydroxyl groups is 1. The molecule has 17 heavy (non-hydrogen) atoms. The molecule has 0 bridgehead atoms. The van der Waals surface area contributed by atoms with E-state index in [1.165, 1.54) is 7.11 Å². The van der Waals surface area contributed by atoms with Gasteiger partial charge in [0.25, 0.3) is 0 Å². The van der Waals surface area contributed by atoms with Crippen LogP contribution in [0.4, 0.5) is 11.9 Å². The average molecular weight is 239 g/mol. The molecule has 0 aromatic carbocycles. The summed E-state index contributed by atoms with van der Waals surface area (Å²) in [6.45, 7) is 0.949. The molecule has 0 aliphatic heterocycles. The molecule has 1 saturated carbocycles. The molecule has 7 heteroatoms. The van der Waals surface area contributed by atoms with Gasteiger partial charge in [0.2, 0.25) is 11.9 Å². The summed E-state index contributed by atoms with van der Waals surface area (Å²) in [5.74, 6) is 0.546. The molecule has 1 aliphatic carbocycles. The normalized spacial score (nSPS) is 16.6. The number of hydrogen-bond acceptors (Lipinski definition) is 7. The van der Waals surface area contributed by atoms with Gasteiger partial charge in [-0.3, -0.25) is 0 Å². The molecule has 1 aromatic heterocycles. The Kier molecular flexibility index (Phi) is 3.28. The smallest absolute Gasteiger partial charge is 0.322 e. The van der Waals surface area contributed by atoms with Gasteiger partial charge >= 0.3 is 6.01 Å². The highest BCUT2D eigenvalue weighted by Crippen LogP contribution is 2.48. The van der Waals surface area contributed by atoms with Gasteiger partial charge in [-0.05, 0) is 24.7 Å². The van der Waals surface area contributed by atoms with Crippen molar-refractivity contribution in [3.05, 3.63) is 0 Å². The minimum absolute atomic E-state index is 0.131. The van der Waals surface area contributed by atoms with Gasteiger partial charge in [-0.2, -0.15) is 15.0 Å². The van der Waals surface area contributed by atoms with Crippen LogP contribution in [0, 0.1) is 5.41 Å². The number of ether oxygens (including phenoxy) is 1. The third-order valence-electron chi connectivity index (χ3n) is 3.04. The fraction of sp³-hybridized carbons (Fsp3) is 0.700. The van der Waals surface area contributed by atoms with E-state index in [1.807, 2.05) is 0 Å². The van der Waals surface area contributed by atoms with Crippen molar-refractivity contribution in [3.8, 4) is 6.01 Å². The molecule has 1 aliphatic rings. The van der Waals surface area contributed by atoms with E-state index in [-0.39, 0.29) is 24.0 Å². The molecular weight excluding hydrogens is 222 g/mol. The number of nitrogen functional groups attached to an aromatic ring is 1. The maximum Gasteiger partial charge on any atom is 0.322 e. The summed E-state index contributed by atoms with van der Waals surface area (Å²) < 4.78 is 4.91. The number of methoxy groups -OCH3 is 1. The van der Waals surface area contributed by atoms with Gasteiger partial charge in [0.15, 0.2) is 0 Å². The predicted octanol–water partition coefficient (Wildman–Crippen LogP) is 0.0369. The van der Waals surface area contributed by atoms with Gasteiger partial charge in [-0.1, -0.05) is 0 Å². The Balaban J connectivity index is 1.97. The first kappa shape index (κ1) is 11.8. The predicted molar refractivity (Wildman–Crippen MR) is 62.7 cm³/mol. The number of aromatic nitrogens is 3. The van der Waals surface area contributed by atoms with Crippen LogP contribution in [0.2, 0.25) is 0 Å². The number of nitrogens with one attached hydrogen (secondary N) is 1. The highest BCUT2D eigenvalue weighted by Gasteiger charge is 2.41. The molecule has 0 amide bonds. The summed E-state index contributed by atoms with van der Waals surface area (Å²) >= 11 is 0. The maximum absolute atomic E-state index is 8.96. The number of hydrogen-bond donors (Lipinski definition) is 3. The number of aliphatic hydroxyl groups excluding tert-OH is 1. The van der Waals surface area contributed by atoms with Crippen LogP contribution < -0.4 is 15.8 Å². The van der Waals surface area contributed by atoms with Crippen molar-refractivity contribution in [1.82, 2.24) is 15.0 Å². The summed E-state index contributed by atoms with van der Waals surface area (Å²) in [7, 11) is 1.48. The van der Waals surface area contributed by atoms with E-state index in [1.54, 1.807) is 0 Å². The van der Waals surface area contributed by atoms with Crippen LogP contribution in [0.1, 0.15) is 19.3 Å². The molecule has 0 saturated heterocycles. The first-order valence-electron chi connectivity index (χ1n) is 5.58. The SMILES string of the molecule is COc1nc(N)nc(NCC2(CCO)CC2)n1. The number of rotatable bonds is 6. The molecule has 1 aromatic rings. The van der Waals surface area contributed by atoms with E-state index in [2.05, 4.69) is 20.3 Å². The topological polar surface area (TPSA) is 106 Å². The zero-order chi connectivity index (χ0) is 12.3. The lowest BCUT2D eigenvalue weighted by Crippen LogP contribution is -2.18. The van der Waals surface area contributed by atoms with E-state index in [9.17, 15) is 0 Å². The Morgan fingerprint density at radius 1 is 1.41 bits per heavy atom. The van der Waals surface area contributed by atoms with Gasteiger partial charge in [0.05, 0.1) is 7.11 Å². The van der Waals surface area contributed by atoms with Crippen molar-refractivity contribution in [3.63, 3.8) is 0 Å². The second kappa shape index (κ2) is 4.70. The van der Waals surface area contributed by atoms with Gasteiger partial charge in [0.1, 0.15) is 0 Å². The van der Waals surface area contributed by atoms with E-state index in [4.69, 9.17) is 15.6 Å². The molecule has 4 N–H and O–H groups in total. The van der Waals surface area contributed by atoms with Crippen molar-refractivity contribution >= 4 is 11.9 Å². The van der Waals surface area contributed by atoms with Crippen molar-refractivity contribution in [1.29, 1.82) is 0 Å². The van der Waals surface area contributed by atoms with Crippen molar-refractivity contribution in [2.75, 3.05) is 31.3 Å². The largest absolute Gasteiger partial charge is 0.467 e. The summed E-state index contributed by atoms with van der Waals surface area (Å²) in [5, 5.41) is 12.1. The summed E-state index contributed by atoms with van der Waals surface area (Å²) in [6.07, 6.45) is 3.05. The quantitative estimate of drug-likeness (QED) is 0.643. The zero-order valence-corrected chi connectivity index (χ0v) is 9.81. The molecule has 0 radical (unpaired) electrons. The second-order valence-electron chi connectivity index (χ2n) is 4.33. The lowest BCUT2D eigenvalue weighted by atomic mass is 10.0. The fourth-order valence-corrected chi connectivity index (χ4v) is 1.74. The minimum Gasteiger partial charge on any atom is -0.467 e.